The standard InChI is InChI=1S/C23H17NO6S2/c1-27-16-7-4-3-6-15(16)24-21(25)20(32-23(24)31)13-14-9-10-17(19(12-14)28-2)30-22(26)18-8-5-11-29-18/h3-13H,1-2H3/b20-13-. The van der Waals surface area contributed by atoms with Gasteiger partial charge in [-0.25, -0.2) is 4.79 Å². The van der Waals surface area contributed by atoms with E-state index in [-0.39, 0.29) is 17.4 Å². The minimum Gasteiger partial charge on any atom is -0.495 e. The van der Waals surface area contributed by atoms with Gasteiger partial charge >= 0.3 is 5.97 Å². The third-order valence-electron chi connectivity index (χ3n) is 4.53. The van der Waals surface area contributed by atoms with Gasteiger partial charge in [0, 0.05) is 0 Å². The predicted molar refractivity (Wildman–Crippen MR) is 125 cm³/mol. The molecule has 4 rings (SSSR count). The Hall–Kier alpha value is -3.56. The van der Waals surface area contributed by atoms with E-state index in [1.807, 2.05) is 12.1 Å². The molecule has 0 N–H and O–H groups in total. The molecule has 2 aromatic carbocycles. The van der Waals surface area contributed by atoms with Crippen molar-refractivity contribution in [1.82, 2.24) is 0 Å². The minimum atomic E-state index is -0.640. The van der Waals surface area contributed by atoms with Gasteiger partial charge in [0.15, 0.2) is 15.8 Å². The molecule has 0 atom stereocenters. The van der Waals surface area contributed by atoms with Gasteiger partial charge in [-0.1, -0.05) is 42.2 Å². The SMILES string of the molecule is COc1cc(/C=C2\SC(=S)N(c3ccccc3OC)C2=O)ccc1OC(=O)c1ccco1. The molecule has 7 nitrogen and oxygen atoms in total. The van der Waals surface area contributed by atoms with Crippen molar-refractivity contribution < 1.29 is 28.2 Å². The van der Waals surface area contributed by atoms with Gasteiger partial charge in [-0.05, 0) is 48.0 Å². The average Bonchev–Trinajstić information content (AvgIpc) is 3.43. The van der Waals surface area contributed by atoms with Gasteiger partial charge in [0.2, 0.25) is 5.76 Å². The van der Waals surface area contributed by atoms with Crippen molar-refractivity contribution in [2.24, 2.45) is 0 Å². The number of furan rings is 1. The van der Waals surface area contributed by atoms with E-state index in [0.29, 0.717) is 32.0 Å². The molecule has 0 spiro atoms. The van der Waals surface area contributed by atoms with E-state index in [4.69, 9.17) is 30.8 Å². The van der Waals surface area contributed by atoms with Crippen molar-refractivity contribution in [1.29, 1.82) is 0 Å². The molecule has 0 saturated carbocycles. The van der Waals surface area contributed by atoms with Crippen LogP contribution in [0.1, 0.15) is 16.1 Å². The Morgan fingerprint density at radius 2 is 1.81 bits per heavy atom. The Bertz CT molecular complexity index is 1220. The first-order valence-corrected chi connectivity index (χ1v) is 10.6. The van der Waals surface area contributed by atoms with E-state index in [0.717, 1.165) is 0 Å². The molecule has 0 unspecified atom stereocenters. The molecule has 0 radical (unpaired) electrons. The summed E-state index contributed by atoms with van der Waals surface area (Å²) in [5.41, 5.74) is 1.26. The monoisotopic (exact) mass is 467 g/mol. The molecule has 32 heavy (non-hydrogen) atoms. The van der Waals surface area contributed by atoms with Crippen LogP contribution >= 0.6 is 24.0 Å². The fourth-order valence-corrected chi connectivity index (χ4v) is 4.33. The number of hydrogen-bond donors (Lipinski definition) is 0. The smallest absolute Gasteiger partial charge is 0.379 e. The Balaban J connectivity index is 1.59. The van der Waals surface area contributed by atoms with Gasteiger partial charge in [0.25, 0.3) is 5.91 Å². The molecule has 0 bridgehead atoms. The summed E-state index contributed by atoms with van der Waals surface area (Å²) in [6.45, 7) is 0. The number of hydrogen-bond acceptors (Lipinski definition) is 8. The number of carbonyl (C=O) groups is 2. The summed E-state index contributed by atoms with van der Waals surface area (Å²) in [5, 5.41) is 0. The Kier molecular flexibility index (Phi) is 6.29. The Morgan fingerprint density at radius 1 is 1.03 bits per heavy atom. The zero-order chi connectivity index (χ0) is 22.7. The highest BCUT2D eigenvalue weighted by atomic mass is 32.2. The molecule has 1 aliphatic heterocycles. The first-order valence-electron chi connectivity index (χ1n) is 9.36. The van der Waals surface area contributed by atoms with Crippen LogP contribution in [0.2, 0.25) is 0 Å². The topological polar surface area (TPSA) is 78.2 Å². The van der Waals surface area contributed by atoms with Crippen LogP contribution in [0.15, 0.2) is 70.2 Å². The predicted octanol–water partition coefficient (Wildman–Crippen LogP) is 4.92. The summed E-state index contributed by atoms with van der Waals surface area (Å²) in [5.74, 6) is 0.299. The normalized spacial score (nSPS) is 14.7. The second-order valence-electron chi connectivity index (χ2n) is 6.47. The van der Waals surface area contributed by atoms with Crippen LogP contribution in [0.5, 0.6) is 17.2 Å². The number of anilines is 1. The third kappa shape index (κ3) is 4.25. The fraction of sp³-hybridized carbons (Fsp3) is 0.0870. The number of rotatable bonds is 6. The average molecular weight is 468 g/mol. The molecule has 1 saturated heterocycles. The zero-order valence-electron chi connectivity index (χ0n) is 17.1. The maximum atomic E-state index is 13.1. The summed E-state index contributed by atoms with van der Waals surface area (Å²) in [7, 11) is 3.00. The molecule has 3 aromatic rings. The molecular weight excluding hydrogens is 450 g/mol. The third-order valence-corrected chi connectivity index (χ3v) is 5.83. The lowest BCUT2D eigenvalue weighted by atomic mass is 10.1. The van der Waals surface area contributed by atoms with Crippen molar-refractivity contribution in [3.05, 3.63) is 77.1 Å². The largest absolute Gasteiger partial charge is 0.495 e. The fourth-order valence-electron chi connectivity index (χ4n) is 3.04. The molecule has 1 aromatic heterocycles. The number of thiocarbonyl (C=S) groups is 1. The number of para-hydroxylation sites is 2. The van der Waals surface area contributed by atoms with E-state index >= 15 is 0 Å². The van der Waals surface area contributed by atoms with Crippen LogP contribution in [-0.2, 0) is 4.79 Å². The maximum Gasteiger partial charge on any atom is 0.379 e. The lowest BCUT2D eigenvalue weighted by molar-refractivity contribution is -0.113. The lowest BCUT2D eigenvalue weighted by Crippen LogP contribution is -2.27. The number of amides is 1. The Labute approximate surface area is 193 Å². The van der Waals surface area contributed by atoms with Crippen molar-refractivity contribution >= 4 is 51.9 Å². The second-order valence-corrected chi connectivity index (χ2v) is 8.14. The second kappa shape index (κ2) is 9.29. The number of thioether (sulfide) groups is 1. The van der Waals surface area contributed by atoms with Gasteiger partial charge < -0.3 is 18.6 Å². The van der Waals surface area contributed by atoms with Crippen molar-refractivity contribution in [2.75, 3.05) is 19.1 Å². The molecule has 162 valence electrons. The van der Waals surface area contributed by atoms with E-state index in [2.05, 4.69) is 0 Å². The number of nitrogens with zero attached hydrogens (tertiary/aromatic N) is 1. The van der Waals surface area contributed by atoms with Crippen LogP contribution in [-0.4, -0.2) is 30.4 Å². The lowest BCUT2D eigenvalue weighted by Gasteiger charge is -2.17. The minimum absolute atomic E-state index is 0.0798. The number of carbonyl (C=O) groups excluding carboxylic acids is 2. The van der Waals surface area contributed by atoms with Crippen molar-refractivity contribution in [3.8, 4) is 17.2 Å². The van der Waals surface area contributed by atoms with Gasteiger partial charge in [0.1, 0.15) is 5.75 Å². The summed E-state index contributed by atoms with van der Waals surface area (Å²) in [4.78, 5) is 27.1. The molecule has 0 aliphatic carbocycles. The van der Waals surface area contributed by atoms with E-state index < -0.39 is 5.97 Å². The summed E-state index contributed by atoms with van der Waals surface area (Å²) in [6.07, 6.45) is 3.09. The van der Waals surface area contributed by atoms with Crippen LogP contribution in [0.4, 0.5) is 5.69 Å². The molecule has 2 heterocycles. The van der Waals surface area contributed by atoms with E-state index in [9.17, 15) is 9.59 Å². The van der Waals surface area contributed by atoms with Crippen LogP contribution in [0.3, 0.4) is 0 Å². The number of ether oxygens (including phenoxy) is 3. The van der Waals surface area contributed by atoms with Crippen molar-refractivity contribution in [2.45, 2.75) is 0 Å². The molecule has 1 aliphatic rings. The van der Waals surface area contributed by atoms with Gasteiger partial charge in [-0.2, -0.15) is 0 Å². The van der Waals surface area contributed by atoms with Crippen LogP contribution < -0.4 is 19.1 Å². The number of methoxy groups -OCH3 is 2. The van der Waals surface area contributed by atoms with Gasteiger partial charge in [-0.15, -0.1) is 0 Å². The van der Waals surface area contributed by atoms with Gasteiger partial charge in [0.05, 0.1) is 31.1 Å². The highest BCUT2D eigenvalue weighted by Crippen LogP contribution is 2.40. The number of esters is 1. The number of benzene rings is 2. The zero-order valence-corrected chi connectivity index (χ0v) is 18.7. The van der Waals surface area contributed by atoms with Gasteiger partial charge in [-0.3, -0.25) is 9.69 Å². The van der Waals surface area contributed by atoms with Crippen LogP contribution in [0, 0.1) is 0 Å². The summed E-state index contributed by atoms with van der Waals surface area (Å²) >= 11 is 6.63. The van der Waals surface area contributed by atoms with Crippen molar-refractivity contribution in [3.63, 3.8) is 0 Å². The summed E-state index contributed by atoms with van der Waals surface area (Å²) in [6, 6.07) is 15.2. The quantitative estimate of drug-likeness (QED) is 0.219. The molecule has 1 amide bonds. The first kappa shape index (κ1) is 21.7. The first-order chi connectivity index (χ1) is 15.5. The van der Waals surface area contributed by atoms with E-state index in [1.54, 1.807) is 49.6 Å². The molecular formula is C23H17NO6S2. The van der Waals surface area contributed by atoms with Crippen LogP contribution in [0.25, 0.3) is 6.08 Å². The highest BCUT2D eigenvalue weighted by molar-refractivity contribution is 8.27. The molecule has 1 fully saturated rings. The molecule has 9 heteroatoms. The maximum absolute atomic E-state index is 13.1. The highest BCUT2D eigenvalue weighted by Gasteiger charge is 2.34. The Morgan fingerprint density at radius 3 is 2.53 bits per heavy atom. The van der Waals surface area contributed by atoms with E-state index in [1.165, 1.54) is 36.1 Å². The summed E-state index contributed by atoms with van der Waals surface area (Å²) < 4.78 is 21.5.